The number of hydrogen-bond acceptors (Lipinski definition) is 6. The minimum absolute atomic E-state index is 0.0211. The van der Waals surface area contributed by atoms with Gasteiger partial charge >= 0.3 is 6.03 Å². The number of hydrogen-bond donors (Lipinski definition) is 4. The number of ether oxygens (including phenoxy) is 1. The molecule has 0 atom stereocenters. The summed E-state index contributed by atoms with van der Waals surface area (Å²) in [4.78, 5) is 24.2. The summed E-state index contributed by atoms with van der Waals surface area (Å²) >= 11 is 0.816. The van der Waals surface area contributed by atoms with Crippen molar-refractivity contribution in [3.63, 3.8) is 0 Å². The van der Waals surface area contributed by atoms with Crippen molar-refractivity contribution >= 4 is 28.5 Å². The molecule has 3 rings (SSSR count). The van der Waals surface area contributed by atoms with Crippen LogP contribution in [-0.2, 0) is 13.0 Å². The van der Waals surface area contributed by atoms with Crippen molar-refractivity contribution in [3.05, 3.63) is 40.5 Å². The molecule has 1 aliphatic carbocycles. The van der Waals surface area contributed by atoms with Gasteiger partial charge in [0, 0.05) is 18.2 Å². The molecule has 0 spiro atoms. The Bertz CT molecular complexity index is 995. The van der Waals surface area contributed by atoms with Crippen LogP contribution < -0.4 is 26.4 Å². The number of nitrogens with one attached hydrogen (secondary N) is 3. The van der Waals surface area contributed by atoms with Crippen LogP contribution in [0.2, 0.25) is 0 Å². The van der Waals surface area contributed by atoms with Gasteiger partial charge < -0.3 is 21.1 Å². The van der Waals surface area contributed by atoms with Crippen molar-refractivity contribution in [1.29, 1.82) is 0 Å². The van der Waals surface area contributed by atoms with Crippen molar-refractivity contribution in [2.75, 3.05) is 18.4 Å². The lowest BCUT2D eigenvalue weighted by molar-refractivity contribution is 0.0996. The second-order valence-corrected chi connectivity index (χ2v) is 9.01. The number of anilines is 1. The van der Waals surface area contributed by atoms with Gasteiger partial charge in [-0.15, -0.1) is 0 Å². The van der Waals surface area contributed by atoms with Gasteiger partial charge in [-0.05, 0) is 49.3 Å². The van der Waals surface area contributed by atoms with Crippen LogP contribution in [0.3, 0.4) is 0 Å². The lowest BCUT2D eigenvalue weighted by atomic mass is 9.95. The fraction of sp³-hybridized carbons (Fsp3) is 0.522. The molecule has 1 saturated carbocycles. The van der Waals surface area contributed by atoms with Crippen LogP contribution in [0.1, 0.15) is 66.9 Å². The monoisotopic (exact) mass is 495 g/mol. The Morgan fingerprint density at radius 1 is 1.15 bits per heavy atom. The Hall–Kier alpha value is -2.79. The van der Waals surface area contributed by atoms with Gasteiger partial charge in [-0.1, -0.05) is 38.3 Å². The van der Waals surface area contributed by atoms with Crippen molar-refractivity contribution in [1.82, 2.24) is 15.0 Å². The average Bonchev–Trinajstić information content (AvgIpc) is 3.23. The molecule has 2 aromatic rings. The van der Waals surface area contributed by atoms with E-state index in [1.807, 2.05) is 0 Å². The summed E-state index contributed by atoms with van der Waals surface area (Å²) in [5, 5.41) is 8.91. The van der Waals surface area contributed by atoms with Gasteiger partial charge in [0.2, 0.25) is 5.88 Å². The van der Waals surface area contributed by atoms with E-state index in [0.717, 1.165) is 24.5 Å². The molecule has 0 saturated heterocycles. The summed E-state index contributed by atoms with van der Waals surface area (Å²) in [6, 6.07) is 2.96. The van der Waals surface area contributed by atoms with Crippen LogP contribution in [0.4, 0.5) is 18.6 Å². The van der Waals surface area contributed by atoms with Crippen LogP contribution in [-0.4, -0.2) is 35.4 Å². The highest BCUT2D eigenvalue weighted by atomic mass is 32.1. The molecule has 34 heavy (non-hydrogen) atoms. The van der Waals surface area contributed by atoms with Crippen LogP contribution in [0, 0.1) is 11.6 Å². The van der Waals surface area contributed by atoms with Gasteiger partial charge in [0.05, 0.1) is 0 Å². The first-order chi connectivity index (χ1) is 16.4. The molecule has 1 heterocycles. The summed E-state index contributed by atoms with van der Waals surface area (Å²) in [6.45, 7) is 2.64. The zero-order valence-electron chi connectivity index (χ0n) is 19.2. The number of nitrogens with two attached hydrogens (primary N) is 1. The van der Waals surface area contributed by atoms with Gasteiger partial charge in [-0.2, -0.15) is 4.37 Å². The Morgan fingerprint density at radius 3 is 2.56 bits per heavy atom. The van der Waals surface area contributed by atoms with E-state index >= 15 is 0 Å². The number of urea groups is 1. The topological polar surface area (TPSA) is 118 Å². The molecule has 0 radical (unpaired) electrons. The molecule has 11 heteroatoms. The maximum absolute atomic E-state index is 14.2. The largest absolute Gasteiger partial charge is 0.471 e. The molecule has 1 aliphatic rings. The summed E-state index contributed by atoms with van der Waals surface area (Å²) in [6.07, 6.45) is 7.35. The van der Waals surface area contributed by atoms with Gasteiger partial charge in [0.25, 0.3) is 5.91 Å². The summed E-state index contributed by atoms with van der Waals surface area (Å²) in [5.74, 6) is -2.94. The standard InChI is InChI=1S/C23H31F2N5O3S/c1-2-14-9-10-15(19(25)18(14)24)13-33-21-17(20(26)31)22(34-30-21)29-23(32)28-12-6-11-27-16-7-4-3-5-8-16/h9-10,16,27H,2-8,11-13H2,1H3,(H2,26,31)(H2,28,29,32). The number of amides is 3. The van der Waals surface area contributed by atoms with E-state index in [4.69, 9.17) is 10.5 Å². The van der Waals surface area contributed by atoms with E-state index in [1.54, 1.807) is 6.92 Å². The maximum Gasteiger partial charge on any atom is 0.319 e. The molecule has 1 fully saturated rings. The number of carbonyl (C=O) groups is 2. The normalized spacial score (nSPS) is 14.1. The number of aryl methyl sites for hydroxylation is 1. The SMILES string of the molecule is CCc1ccc(COc2nsc(NC(=O)NCCCNC3CCCCC3)c2C(N)=O)c(F)c1F. The third-order valence-electron chi connectivity index (χ3n) is 5.80. The first-order valence-corrected chi connectivity index (χ1v) is 12.3. The smallest absolute Gasteiger partial charge is 0.319 e. The third-order valence-corrected chi connectivity index (χ3v) is 6.54. The van der Waals surface area contributed by atoms with E-state index in [9.17, 15) is 18.4 Å². The molecule has 186 valence electrons. The first-order valence-electron chi connectivity index (χ1n) is 11.6. The van der Waals surface area contributed by atoms with Gasteiger partial charge in [-0.25, -0.2) is 13.6 Å². The second-order valence-electron chi connectivity index (χ2n) is 8.23. The van der Waals surface area contributed by atoms with Crippen molar-refractivity contribution in [2.24, 2.45) is 5.73 Å². The molecule has 3 amide bonds. The summed E-state index contributed by atoms with van der Waals surface area (Å²) in [7, 11) is 0. The molecule has 5 N–H and O–H groups in total. The highest BCUT2D eigenvalue weighted by Crippen LogP contribution is 2.31. The number of carbonyl (C=O) groups excluding carboxylic acids is 2. The maximum atomic E-state index is 14.2. The number of aromatic nitrogens is 1. The van der Waals surface area contributed by atoms with Gasteiger partial charge in [-0.3, -0.25) is 10.1 Å². The highest BCUT2D eigenvalue weighted by Gasteiger charge is 2.23. The predicted molar refractivity (Wildman–Crippen MR) is 127 cm³/mol. The van der Waals surface area contributed by atoms with E-state index < -0.39 is 23.6 Å². The predicted octanol–water partition coefficient (Wildman–Crippen LogP) is 4.10. The molecule has 8 nitrogen and oxygen atoms in total. The summed E-state index contributed by atoms with van der Waals surface area (Å²) < 4.78 is 37.7. The number of benzene rings is 1. The Labute approximate surface area is 201 Å². The molecule has 1 aromatic carbocycles. The lowest BCUT2D eigenvalue weighted by Gasteiger charge is -2.22. The number of rotatable bonds is 11. The van der Waals surface area contributed by atoms with Gasteiger partial charge in [0.15, 0.2) is 11.6 Å². The van der Waals surface area contributed by atoms with E-state index in [-0.39, 0.29) is 34.2 Å². The van der Waals surface area contributed by atoms with Crippen LogP contribution in [0.25, 0.3) is 0 Å². The van der Waals surface area contributed by atoms with E-state index in [1.165, 1.54) is 44.2 Å². The summed E-state index contributed by atoms with van der Waals surface area (Å²) in [5.41, 5.74) is 5.56. The number of nitrogens with zero attached hydrogens (tertiary/aromatic N) is 1. The van der Waals surface area contributed by atoms with Gasteiger partial charge in [0.1, 0.15) is 17.2 Å². The fourth-order valence-electron chi connectivity index (χ4n) is 3.89. The molecular weight excluding hydrogens is 464 g/mol. The zero-order valence-corrected chi connectivity index (χ0v) is 20.0. The average molecular weight is 496 g/mol. The Balaban J connectivity index is 1.50. The molecule has 0 unspecified atom stereocenters. The fourth-order valence-corrected chi connectivity index (χ4v) is 4.62. The quantitative estimate of drug-likeness (QED) is 0.350. The molecule has 0 bridgehead atoms. The van der Waals surface area contributed by atoms with Crippen molar-refractivity contribution < 1.29 is 23.1 Å². The first kappa shape index (κ1) is 25.8. The highest BCUT2D eigenvalue weighted by molar-refractivity contribution is 7.11. The second kappa shape index (κ2) is 12.6. The lowest BCUT2D eigenvalue weighted by Crippen LogP contribution is -2.35. The van der Waals surface area contributed by atoms with E-state index in [0.29, 0.717) is 19.0 Å². The molecular formula is C23H31F2N5O3S. The van der Waals surface area contributed by atoms with Crippen LogP contribution in [0.5, 0.6) is 5.88 Å². The molecule has 0 aliphatic heterocycles. The van der Waals surface area contributed by atoms with Crippen LogP contribution in [0.15, 0.2) is 12.1 Å². The number of primary amides is 1. The minimum Gasteiger partial charge on any atom is -0.471 e. The zero-order chi connectivity index (χ0) is 24.5. The van der Waals surface area contributed by atoms with Crippen molar-refractivity contribution in [3.8, 4) is 5.88 Å². The van der Waals surface area contributed by atoms with Crippen molar-refractivity contribution in [2.45, 2.75) is 64.5 Å². The number of halogens is 2. The minimum atomic E-state index is -1.01. The Kier molecular flexibility index (Phi) is 9.58. The Morgan fingerprint density at radius 2 is 1.85 bits per heavy atom. The van der Waals surface area contributed by atoms with E-state index in [2.05, 4.69) is 20.3 Å². The van der Waals surface area contributed by atoms with Crippen LogP contribution >= 0.6 is 11.5 Å². The third kappa shape index (κ3) is 6.86. The molecule has 1 aromatic heterocycles.